The molecule has 0 aliphatic heterocycles. The Morgan fingerprint density at radius 1 is 1.31 bits per heavy atom. The minimum absolute atomic E-state index is 0.220. The maximum absolute atomic E-state index is 10.9. The average molecular weight is 225 g/mol. The summed E-state index contributed by atoms with van der Waals surface area (Å²) >= 11 is 0. The molecule has 90 valence electrons. The van der Waals surface area contributed by atoms with Gasteiger partial charge in [0.05, 0.1) is 6.61 Å². The van der Waals surface area contributed by atoms with E-state index >= 15 is 0 Å². The smallest absolute Gasteiger partial charge is 0.325 e. The van der Waals surface area contributed by atoms with Gasteiger partial charge in [0.1, 0.15) is 6.54 Å². The molecule has 16 heavy (non-hydrogen) atoms. The molecule has 1 rings (SSSR count). The molecule has 0 radical (unpaired) electrons. The predicted molar refractivity (Wildman–Crippen MR) is 64.3 cm³/mol. The van der Waals surface area contributed by atoms with Gasteiger partial charge in [-0.25, -0.2) is 0 Å². The van der Waals surface area contributed by atoms with E-state index < -0.39 is 0 Å². The molecule has 1 aromatic rings. The largest absolute Gasteiger partial charge is 0.465 e. The maximum Gasteiger partial charge on any atom is 0.325 e. The zero-order valence-electron chi connectivity index (χ0n) is 9.77. The molecule has 0 aliphatic rings. The van der Waals surface area contributed by atoms with Crippen LogP contribution in [0.3, 0.4) is 0 Å². The standard InChI is InChI=1S/C10H13NO2.C2H6O/c1-2-13-10(12)8-11-9-6-4-3-5-7-9;1-2-3/h3-7,11H,2,8H2,1H3;3H,2H2,1H3. The second-order valence-electron chi connectivity index (χ2n) is 2.84. The van der Waals surface area contributed by atoms with Crippen LogP contribution in [0, 0.1) is 0 Å². The summed E-state index contributed by atoms with van der Waals surface area (Å²) in [6.07, 6.45) is 0. The van der Waals surface area contributed by atoms with Crippen molar-refractivity contribution in [2.45, 2.75) is 13.8 Å². The molecule has 0 unspecified atom stereocenters. The summed E-state index contributed by atoms with van der Waals surface area (Å²) in [7, 11) is 0. The number of esters is 1. The van der Waals surface area contributed by atoms with E-state index in [1.165, 1.54) is 0 Å². The zero-order valence-corrected chi connectivity index (χ0v) is 9.77. The lowest BCUT2D eigenvalue weighted by Crippen LogP contribution is -2.16. The lowest BCUT2D eigenvalue weighted by molar-refractivity contribution is -0.140. The van der Waals surface area contributed by atoms with Crippen LogP contribution >= 0.6 is 0 Å². The normalized spacial score (nSPS) is 8.69. The zero-order chi connectivity index (χ0) is 12.2. The quantitative estimate of drug-likeness (QED) is 0.765. The van der Waals surface area contributed by atoms with Gasteiger partial charge in [0, 0.05) is 12.3 Å². The van der Waals surface area contributed by atoms with Gasteiger partial charge in [-0.3, -0.25) is 4.79 Å². The number of carbonyl (C=O) groups is 1. The van der Waals surface area contributed by atoms with Crippen molar-refractivity contribution in [3.05, 3.63) is 30.3 Å². The van der Waals surface area contributed by atoms with Gasteiger partial charge in [0.15, 0.2) is 0 Å². The summed E-state index contributed by atoms with van der Waals surface area (Å²) < 4.78 is 4.76. The fraction of sp³-hybridized carbons (Fsp3) is 0.417. The summed E-state index contributed by atoms with van der Waals surface area (Å²) in [5.74, 6) is -0.230. The van der Waals surface area contributed by atoms with Crippen molar-refractivity contribution in [1.29, 1.82) is 0 Å². The molecule has 0 spiro atoms. The van der Waals surface area contributed by atoms with Gasteiger partial charge in [-0.15, -0.1) is 0 Å². The van der Waals surface area contributed by atoms with Crippen LogP contribution in [0.4, 0.5) is 5.69 Å². The van der Waals surface area contributed by atoms with E-state index in [9.17, 15) is 4.79 Å². The van der Waals surface area contributed by atoms with Gasteiger partial charge in [0.25, 0.3) is 0 Å². The number of benzene rings is 1. The monoisotopic (exact) mass is 225 g/mol. The number of carbonyl (C=O) groups excluding carboxylic acids is 1. The van der Waals surface area contributed by atoms with Crippen molar-refractivity contribution in [3.8, 4) is 0 Å². The van der Waals surface area contributed by atoms with Gasteiger partial charge in [-0.05, 0) is 26.0 Å². The number of para-hydroxylation sites is 1. The first-order chi connectivity index (χ1) is 7.74. The highest BCUT2D eigenvalue weighted by Crippen LogP contribution is 2.03. The predicted octanol–water partition coefficient (Wildman–Crippen LogP) is 1.66. The number of aliphatic hydroxyl groups excluding tert-OH is 1. The number of anilines is 1. The molecule has 0 bridgehead atoms. The van der Waals surface area contributed by atoms with Gasteiger partial charge in [-0.2, -0.15) is 0 Å². The van der Waals surface area contributed by atoms with Gasteiger partial charge >= 0.3 is 5.97 Å². The van der Waals surface area contributed by atoms with Crippen molar-refractivity contribution in [3.63, 3.8) is 0 Å². The van der Waals surface area contributed by atoms with Crippen molar-refractivity contribution in [2.24, 2.45) is 0 Å². The number of hydrogen-bond acceptors (Lipinski definition) is 4. The molecule has 0 heterocycles. The Kier molecular flexibility index (Phi) is 9.02. The Hall–Kier alpha value is -1.55. The van der Waals surface area contributed by atoms with E-state index in [0.29, 0.717) is 6.61 Å². The second-order valence-corrected chi connectivity index (χ2v) is 2.84. The van der Waals surface area contributed by atoms with E-state index in [1.54, 1.807) is 13.8 Å². The molecule has 2 N–H and O–H groups in total. The third kappa shape index (κ3) is 7.82. The molecule has 1 aromatic carbocycles. The molecular weight excluding hydrogens is 206 g/mol. The molecule has 0 saturated carbocycles. The second kappa shape index (κ2) is 9.98. The van der Waals surface area contributed by atoms with Crippen LogP contribution < -0.4 is 5.32 Å². The summed E-state index contributed by atoms with van der Waals surface area (Å²) in [6.45, 7) is 4.37. The number of aliphatic hydroxyl groups is 1. The molecule has 0 saturated heterocycles. The molecule has 0 aromatic heterocycles. The molecule has 0 aliphatic carbocycles. The van der Waals surface area contributed by atoms with Crippen LogP contribution in [0.25, 0.3) is 0 Å². The number of nitrogens with one attached hydrogen (secondary N) is 1. The van der Waals surface area contributed by atoms with E-state index in [0.717, 1.165) is 5.69 Å². The fourth-order valence-corrected chi connectivity index (χ4v) is 0.942. The van der Waals surface area contributed by atoms with Gasteiger partial charge in [-0.1, -0.05) is 18.2 Å². The summed E-state index contributed by atoms with van der Waals surface area (Å²) in [5.41, 5.74) is 0.926. The van der Waals surface area contributed by atoms with Crippen LogP contribution in [-0.2, 0) is 9.53 Å². The lowest BCUT2D eigenvalue weighted by atomic mass is 10.3. The summed E-state index contributed by atoms with van der Waals surface area (Å²) in [6, 6.07) is 9.55. The Bertz CT molecular complexity index is 275. The first kappa shape index (κ1) is 14.5. The average Bonchev–Trinajstić information content (AvgIpc) is 2.29. The molecule has 0 fully saturated rings. The van der Waals surface area contributed by atoms with Crippen LogP contribution in [0.15, 0.2) is 30.3 Å². The highest BCUT2D eigenvalue weighted by Gasteiger charge is 1.99. The Morgan fingerprint density at radius 2 is 1.88 bits per heavy atom. The molecular formula is C12H19NO3. The first-order valence-corrected chi connectivity index (χ1v) is 5.30. The van der Waals surface area contributed by atoms with Crippen molar-refractivity contribution in [2.75, 3.05) is 25.1 Å². The molecule has 0 amide bonds. The highest BCUT2D eigenvalue weighted by atomic mass is 16.5. The topological polar surface area (TPSA) is 58.6 Å². The maximum atomic E-state index is 10.9. The number of ether oxygens (including phenoxy) is 1. The van der Waals surface area contributed by atoms with Crippen LogP contribution in [0.2, 0.25) is 0 Å². The lowest BCUT2D eigenvalue weighted by Gasteiger charge is -2.04. The van der Waals surface area contributed by atoms with Crippen molar-refractivity contribution in [1.82, 2.24) is 0 Å². The molecule has 4 nitrogen and oxygen atoms in total. The SMILES string of the molecule is CCO.CCOC(=O)CNc1ccccc1. The van der Waals surface area contributed by atoms with Crippen molar-refractivity contribution < 1.29 is 14.6 Å². The van der Waals surface area contributed by atoms with Gasteiger partial charge < -0.3 is 15.2 Å². The number of rotatable bonds is 4. The summed E-state index contributed by atoms with van der Waals surface area (Å²) in [4.78, 5) is 10.9. The Labute approximate surface area is 96.2 Å². The first-order valence-electron chi connectivity index (χ1n) is 5.30. The van der Waals surface area contributed by atoms with E-state index in [4.69, 9.17) is 9.84 Å². The minimum Gasteiger partial charge on any atom is -0.465 e. The van der Waals surface area contributed by atoms with E-state index in [2.05, 4.69) is 5.32 Å². The van der Waals surface area contributed by atoms with Crippen LogP contribution in [0.1, 0.15) is 13.8 Å². The molecule has 0 atom stereocenters. The van der Waals surface area contributed by atoms with Crippen LogP contribution in [0.5, 0.6) is 0 Å². The minimum atomic E-state index is -0.230. The highest BCUT2D eigenvalue weighted by molar-refractivity contribution is 5.74. The van der Waals surface area contributed by atoms with Crippen molar-refractivity contribution >= 4 is 11.7 Å². The van der Waals surface area contributed by atoms with E-state index in [1.807, 2.05) is 30.3 Å². The van der Waals surface area contributed by atoms with Crippen LogP contribution in [-0.4, -0.2) is 30.8 Å². The Morgan fingerprint density at radius 3 is 2.38 bits per heavy atom. The van der Waals surface area contributed by atoms with Gasteiger partial charge in [0.2, 0.25) is 0 Å². The van der Waals surface area contributed by atoms with E-state index in [-0.39, 0.29) is 19.1 Å². The third-order valence-corrected chi connectivity index (χ3v) is 1.52. The number of hydrogen-bond donors (Lipinski definition) is 2. The molecule has 4 heteroatoms. The Balaban J connectivity index is 0.000000673. The summed E-state index contributed by atoms with van der Waals surface area (Å²) in [5, 5.41) is 10.5. The fourth-order valence-electron chi connectivity index (χ4n) is 0.942. The third-order valence-electron chi connectivity index (χ3n) is 1.52.